The first-order valence-corrected chi connectivity index (χ1v) is 6.11. The largest absolute Gasteiger partial charge is 0.476 e. The molecule has 19 heavy (non-hydrogen) atoms. The molecule has 8 nitrogen and oxygen atoms in total. The van der Waals surface area contributed by atoms with Gasteiger partial charge in [0.1, 0.15) is 17.0 Å². The molecule has 0 spiro atoms. The first-order valence-electron chi connectivity index (χ1n) is 5.29. The van der Waals surface area contributed by atoms with Crippen LogP contribution in [-0.4, -0.2) is 44.1 Å². The van der Waals surface area contributed by atoms with Gasteiger partial charge in [-0.25, -0.2) is 14.8 Å². The number of anilines is 1. The number of carboxylic acid groups (broad SMARTS) is 1. The molecule has 2 N–H and O–H groups in total. The standard InChI is InChI=1S/C10H11N5O3S/c1-5(16)8-7(9(17)18)13-10(19-8)15(2)3-6-11-4-12-14-6/h4H,3H2,1-2H3,(H,17,18)(H,11,12,14). The molecule has 0 fully saturated rings. The van der Waals surface area contributed by atoms with Crippen molar-refractivity contribution in [3.05, 3.63) is 22.7 Å². The Hall–Kier alpha value is -2.29. The smallest absolute Gasteiger partial charge is 0.356 e. The van der Waals surface area contributed by atoms with Gasteiger partial charge in [0, 0.05) is 14.0 Å². The Bertz CT molecular complexity index is 575. The van der Waals surface area contributed by atoms with Crippen LogP contribution in [0.15, 0.2) is 6.33 Å². The minimum Gasteiger partial charge on any atom is -0.476 e. The lowest BCUT2D eigenvalue weighted by atomic mass is 10.3. The quantitative estimate of drug-likeness (QED) is 0.779. The maximum Gasteiger partial charge on any atom is 0.356 e. The number of Topliss-reactive ketones (excluding diaryl/α,β-unsaturated/α-hetero) is 1. The average molecular weight is 281 g/mol. The predicted octanol–water partition coefficient (Wildman–Crippen LogP) is 0.798. The molecule has 2 aromatic rings. The fourth-order valence-corrected chi connectivity index (χ4v) is 2.37. The van der Waals surface area contributed by atoms with E-state index in [9.17, 15) is 9.59 Å². The fourth-order valence-electron chi connectivity index (χ4n) is 1.45. The van der Waals surface area contributed by atoms with Crippen LogP contribution in [0.5, 0.6) is 0 Å². The summed E-state index contributed by atoms with van der Waals surface area (Å²) in [6.45, 7) is 1.71. The fraction of sp³-hybridized carbons (Fsp3) is 0.300. The lowest BCUT2D eigenvalue weighted by molar-refractivity contribution is 0.0687. The van der Waals surface area contributed by atoms with E-state index < -0.39 is 5.97 Å². The summed E-state index contributed by atoms with van der Waals surface area (Å²) < 4.78 is 0. The van der Waals surface area contributed by atoms with Crippen LogP contribution < -0.4 is 4.90 Å². The summed E-state index contributed by atoms with van der Waals surface area (Å²) in [6, 6.07) is 0. The molecule has 0 saturated heterocycles. The second-order valence-corrected chi connectivity index (χ2v) is 4.80. The van der Waals surface area contributed by atoms with Crippen LogP contribution in [0, 0.1) is 0 Å². The van der Waals surface area contributed by atoms with E-state index in [1.165, 1.54) is 13.3 Å². The number of thiazole rings is 1. The maximum atomic E-state index is 11.4. The number of aromatic nitrogens is 4. The molecule has 0 unspecified atom stereocenters. The van der Waals surface area contributed by atoms with E-state index in [-0.39, 0.29) is 16.4 Å². The van der Waals surface area contributed by atoms with E-state index >= 15 is 0 Å². The molecule has 0 aliphatic carbocycles. The SMILES string of the molecule is CC(=O)c1sc(N(C)Cc2ncn[nH]2)nc1C(=O)O. The first-order chi connectivity index (χ1) is 8.99. The Labute approximate surface area is 112 Å². The second kappa shape index (κ2) is 5.14. The zero-order valence-corrected chi connectivity index (χ0v) is 11.1. The van der Waals surface area contributed by atoms with Crippen molar-refractivity contribution in [1.29, 1.82) is 0 Å². The van der Waals surface area contributed by atoms with E-state index in [1.807, 2.05) is 0 Å². The van der Waals surface area contributed by atoms with E-state index in [1.54, 1.807) is 11.9 Å². The van der Waals surface area contributed by atoms with Crippen LogP contribution in [0.3, 0.4) is 0 Å². The molecule has 0 bridgehead atoms. The van der Waals surface area contributed by atoms with E-state index in [0.29, 0.717) is 17.5 Å². The molecule has 0 radical (unpaired) electrons. The molecule has 0 aliphatic heterocycles. The number of aromatic carboxylic acids is 1. The van der Waals surface area contributed by atoms with Crippen LogP contribution in [0.4, 0.5) is 5.13 Å². The second-order valence-electron chi connectivity index (χ2n) is 3.82. The highest BCUT2D eigenvalue weighted by atomic mass is 32.1. The van der Waals surface area contributed by atoms with Crippen LogP contribution in [0.25, 0.3) is 0 Å². The summed E-state index contributed by atoms with van der Waals surface area (Å²) in [6.07, 6.45) is 1.38. The third-order valence-corrected chi connectivity index (χ3v) is 3.59. The number of nitrogens with one attached hydrogen (secondary N) is 1. The number of hydrogen-bond donors (Lipinski definition) is 2. The van der Waals surface area contributed by atoms with Crippen molar-refractivity contribution in [2.24, 2.45) is 0 Å². The van der Waals surface area contributed by atoms with Crippen molar-refractivity contribution in [3.8, 4) is 0 Å². The van der Waals surface area contributed by atoms with E-state index in [0.717, 1.165) is 11.3 Å². The van der Waals surface area contributed by atoms with Crippen molar-refractivity contribution in [1.82, 2.24) is 20.2 Å². The predicted molar refractivity (Wildman–Crippen MR) is 67.6 cm³/mol. The molecule has 100 valence electrons. The van der Waals surface area contributed by atoms with Gasteiger partial charge < -0.3 is 10.0 Å². The van der Waals surface area contributed by atoms with Crippen molar-refractivity contribution < 1.29 is 14.7 Å². The molecule has 0 amide bonds. The zero-order valence-electron chi connectivity index (χ0n) is 10.2. The molecule has 0 aliphatic rings. The van der Waals surface area contributed by atoms with Crippen molar-refractivity contribution in [2.45, 2.75) is 13.5 Å². The third-order valence-electron chi connectivity index (χ3n) is 2.32. The molecule has 2 rings (SSSR count). The van der Waals surface area contributed by atoms with Gasteiger partial charge in [0.2, 0.25) is 0 Å². The number of hydrogen-bond acceptors (Lipinski definition) is 7. The van der Waals surface area contributed by atoms with Gasteiger partial charge in [0.15, 0.2) is 16.6 Å². The van der Waals surface area contributed by atoms with Crippen LogP contribution >= 0.6 is 11.3 Å². The van der Waals surface area contributed by atoms with E-state index in [2.05, 4.69) is 20.2 Å². The molecule has 9 heteroatoms. The number of nitrogens with zero attached hydrogens (tertiary/aromatic N) is 4. The molecular weight excluding hydrogens is 270 g/mol. The molecule has 0 aromatic carbocycles. The lowest BCUT2D eigenvalue weighted by Crippen LogP contribution is -2.17. The van der Waals surface area contributed by atoms with Crippen molar-refractivity contribution in [3.63, 3.8) is 0 Å². The zero-order chi connectivity index (χ0) is 14.0. The lowest BCUT2D eigenvalue weighted by Gasteiger charge is -2.12. The number of carbonyl (C=O) groups excluding carboxylic acids is 1. The van der Waals surface area contributed by atoms with E-state index in [4.69, 9.17) is 5.11 Å². The summed E-state index contributed by atoms with van der Waals surface area (Å²) in [5.74, 6) is -0.895. The highest BCUT2D eigenvalue weighted by Gasteiger charge is 2.22. The maximum absolute atomic E-state index is 11.4. The van der Waals surface area contributed by atoms with Gasteiger partial charge in [-0.1, -0.05) is 11.3 Å². The van der Waals surface area contributed by atoms with Gasteiger partial charge in [-0.2, -0.15) is 5.10 Å². The molecule has 2 heterocycles. The van der Waals surface area contributed by atoms with Gasteiger partial charge >= 0.3 is 5.97 Å². The summed E-state index contributed by atoms with van der Waals surface area (Å²) in [7, 11) is 1.73. The molecular formula is C10H11N5O3S. The number of H-pyrrole nitrogens is 1. The third kappa shape index (κ3) is 2.76. The van der Waals surface area contributed by atoms with Crippen LogP contribution in [-0.2, 0) is 6.54 Å². The number of aromatic amines is 1. The topological polar surface area (TPSA) is 112 Å². The van der Waals surface area contributed by atoms with Crippen molar-refractivity contribution in [2.75, 3.05) is 11.9 Å². The van der Waals surface area contributed by atoms with Gasteiger partial charge in [0.25, 0.3) is 0 Å². The monoisotopic (exact) mass is 281 g/mol. The minimum absolute atomic E-state index is 0.145. The molecule has 0 saturated carbocycles. The van der Waals surface area contributed by atoms with Gasteiger partial charge in [-0.3, -0.25) is 9.89 Å². The Morgan fingerprint density at radius 3 is 2.74 bits per heavy atom. The van der Waals surface area contributed by atoms with Gasteiger partial charge in [0.05, 0.1) is 6.54 Å². The van der Waals surface area contributed by atoms with Crippen LogP contribution in [0.2, 0.25) is 0 Å². The number of carboxylic acids is 1. The number of carbonyl (C=O) groups is 2. The van der Waals surface area contributed by atoms with Gasteiger partial charge in [-0.15, -0.1) is 0 Å². The first kappa shape index (κ1) is 13.1. The Balaban J connectivity index is 2.27. The highest BCUT2D eigenvalue weighted by molar-refractivity contribution is 7.17. The highest BCUT2D eigenvalue weighted by Crippen LogP contribution is 2.26. The summed E-state index contributed by atoms with van der Waals surface area (Å²) in [5.41, 5.74) is -0.211. The molecule has 0 atom stereocenters. The normalized spacial score (nSPS) is 10.4. The molecule has 2 aromatic heterocycles. The minimum atomic E-state index is -1.21. The number of rotatable bonds is 5. The Morgan fingerprint density at radius 1 is 1.53 bits per heavy atom. The van der Waals surface area contributed by atoms with Gasteiger partial charge in [-0.05, 0) is 0 Å². The Kier molecular flexibility index (Phi) is 3.56. The summed E-state index contributed by atoms with van der Waals surface area (Å²) >= 11 is 1.05. The summed E-state index contributed by atoms with van der Waals surface area (Å²) in [5, 5.41) is 15.9. The average Bonchev–Trinajstić information content (AvgIpc) is 2.96. The number of ketones is 1. The summed E-state index contributed by atoms with van der Waals surface area (Å²) in [4.78, 5) is 32.2. The van der Waals surface area contributed by atoms with Crippen LogP contribution in [0.1, 0.15) is 32.9 Å². The van der Waals surface area contributed by atoms with Crippen molar-refractivity contribution >= 4 is 28.2 Å². The Morgan fingerprint density at radius 2 is 2.26 bits per heavy atom.